The van der Waals surface area contributed by atoms with Gasteiger partial charge in [0.25, 0.3) is 15.9 Å². The number of benzene rings is 2. The molecule has 0 saturated heterocycles. The molecule has 1 aliphatic heterocycles. The van der Waals surface area contributed by atoms with Crippen molar-refractivity contribution in [2.24, 2.45) is 5.92 Å². The van der Waals surface area contributed by atoms with Crippen molar-refractivity contribution >= 4 is 44.7 Å². The SMILES string of the molecule is C[C@@H]1CN([C@H](C)CO)C(=O)c2cc(NC(=O)Nc3ccc(F)cc3)ccc2O[C@@H]1CN(C)S(=O)(=O)c1cccs1. The van der Waals surface area contributed by atoms with Crippen LogP contribution in [0.5, 0.6) is 5.75 Å². The van der Waals surface area contributed by atoms with Crippen molar-refractivity contribution in [3.05, 3.63) is 71.4 Å². The fourth-order valence-corrected chi connectivity index (χ4v) is 6.64. The Balaban J connectivity index is 1.60. The van der Waals surface area contributed by atoms with Gasteiger partial charge in [0.15, 0.2) is 0 Å². The number of rotatable bonds is 8. The van der Waals surface area contributed by atoms with E-state index in [1.807, 2.05) is 6.92 Å². The van der Waals surface area contributed by atoms with E-state index in [1.54, 1.807) is 30.5 Å². The Morgan fingerprint density at radius 3 is 2.52 bits per heavy atom. The monoisotopic (exact) mass is 590 g/mol. The molecule has 13 heteroatoms. The van der Waals surface area contributed by atoms with Gasteiger partial charge < -0.3 is 25.4 Å². The van der Waals surface area contributed by atoms with Crippen molar-refractivity contribution in [2.75, 3.05) is 37.4 Å². The van der Waals surface area contributed by atoms with Gasteiger partial charge in [0.1, 0.15) is 21.9 Å². The molecule has 2 heterocycles. The molecule has 2 aromatic carbocycles. The Kier molecular flexibility index (Phi) is 9.08. The molecular formula is C27H31FN4O6S2. The fourth-order valence-electron chi connectivity index (χ4n) is 4.26. The fraction of sp³-hybridized carbons (Fsp3) is 0.333. The first-order valence-electron chi connectivity index (χ1n) is 12.6. The number of hydrogen-bond acceptors (Lipinski definition) is 7. The minimum absolute atomic E-state index is 0.0243. The quantitative estimate of drug-likeness (QED) is 0.363. The number of carbonyl (C=O) groups is 2. The Morgan fingerprint density at radius 1 is 1.20 bits per heavy atom. The summed E-state index contributed by atoms with van der Waals surface area (Å²) in [4.78, 5) is 27.7. The summed E-state index contributed by atoms with van der Waals surface area (Å²) in [6.07, 6.45) is -0.624. The van der Waals surface area contributed by atoms with Crippen LogP contribution in [0.4, 0.5) is 20.6 Å². The number of amides is 3. The van der Waals surface area contributed by atoms with E-state index in [9.17, 15) is 27.5 Å². The van der Waals surface area contributed by atoms with Gasteiger partial charge in [-0.2, -0.15) is 4.31 Å². The number of halogens is 1. The summed E-state index contributed by atoms with van der Waals surface area (Å²) in [5, 5.41) is 16.8. The maximum absolute atomic E-state index is 13.6. The molecule has 0 fully saturated rings. The van der Waals surface area contributed by atoms with E-state index in [1.165, 1.54) is 52.7 Å². The second-order valence-corrected chi connectivity index (χ2v) is 12.9. The normalized spacial score (nSPS) is 18.4. The number of sulfonamides is 1. The summed E-state index contributed by atoms with van der Waals surface area (Å²) in [6, 6.07) is 11.9. The summed E-state index contributed by atoms with van der Waals surface area (Å²) >= 11 is 1.12. The number of urea groups is 1. The third kappa shape index (κ3) is 6.61. The maximum Gasteiger partial charge on any atom is 0.323 e. The lowest BCUT2D eigenvalue weighted by atomic mass is 9.99. The summed E-state index contributed by atoms with van der Waals surface area (Å²) in [6.45, 7) is 3.54. The van der Waals surface area contributed by atoms with E-state index in [0.29, 0.717) is 11.4 Å². The highest BCUT2D eigenvalue weighted by atomic mass is 32.2. The number of fused-ring (bicyclic) bond motifs is 1. The van der Waals surface area contributed by atoms with Gasteiger partial charge in [0.05, 0.1) is 24.8 Å². The maximum atomic E-state index is 13.6. The summed E-state index contributed by atoms with van der Waals surface area (Å²) in [5.74, 6) is -0.894. The molecular weight excluding hydrogens is 559 g/mol. The van der Waals surface area contributed by atoms with E-state index in [4.69, 9.17) is 4.74 Å². The van der Waals surface area contributed by atoms with Gasteiger partial charge in [0, 0.05) is 30.9 Å². The van der Waals surface area contributed by atoms with E-state index in [-0.39, 0.29) is 41.1 Å². The average molecular weight is 591 g/mol. The molecule has 3 amide bonds. The smallest absolute Gasteiger partial charge is 0.323 e. The van der Waals surface area contributed by atoms with Crippen LogP contribution in [0.3, 0.4) is 0 Å². The van der Waals surface area contributed by atoms with Gasteiger partial charge in [-0.1, -0.05) is 13.0 Å². The van der Waals surface area contributed by atoms with Crippen LogP contribution in [0, 0.1) is 11.7 Å². The number of nitrogens with one attached hydrogen (secondary N) is 2. The van der Waals surface area contributed by atoms with Crippen LogP contribution in [0.1, 0.15) is 24.2 Å². The number of likely N-dealkylation sites (N-methyl/N-ethyl adjacent to an activating group) is 1. The zero-order valence-electron chi connectivity index (χ0n) is 22.2. The number of hydrogen-bond donors (Lipinski definition) is 3. The molecule has 3 N–H and O–H groups in total. The molecule has 1 aliphatic rings. The third-order valence-electron chi connectivity index (χ3n) is 6.62. The predicted octanol–water partition coefficient (Wildman–Crippen LogP) is 4.07. The largest absolute Gasteiger partial charge is 0.488 e. The Hall–Kier alpha value is -3.52. The molecule has 0 unspecified atom stereocenters. The lowest BCUT2D eigenvalue weighted by molar-refractivity contribution is 0.0387. The zero-order valence-corrected chi connectivity index (χ0v) is 23.8. The number of nitrogens with zero attached hydrogens (tertiary/aromatic N) is 2. The number of carbonyl (C=O) groups excluding carboxylic acids is 2. The molecule has 4 rings (SSSR count). The lowest BCUT2D eigenvalue weighted by Crippen LogP contribution is -2.50. The number of thiophene rings is 1. The molecule has 0 spiro atoms. The van der Waals surface area contributed by atoms with Gasteiger partial charge in [-0.15, -0.1) is 11.3 Å². The zero-order chi connectivity index (χ0) is 29.0. The van der Waals surface area contributed by atoms with Crippen LogP contribution in [0.15, 0.2) is 64.2 Å². The van der Waals surface area contributed by atoms with Crippen LogP contribution in [-0.2, 0) is 10.0 Å². The number of anilines is 2. The minimum atomic E-state index is -3.73. The highest BCUT2D eigenvalue weighted by molar-refractivity contribution is 7.91. The predicted molar refractivity (Wildman–Crippen MR) is 151 cm³/mol. The first-order chi connectivity index (χ1) is 19.0. The second-order valence-electron chi connectivity index (χ2n) is 9.64. The number of aliphatic hydroxyl groups is 1. The first-order valence-corrected chi connectivity index (χ1v) is 14.9. The van der Waals surface area contributed by atoms with Gasteiger partial charge >= 0.3 is 6.03 Å². The van der Waals surface area contributed by atoms with E-state index in [2.05, 4.69) is 10.6 Å². The number of ether oxygens (including phenoxy) is 1. The van der Waals surface area contributed by atoms with Crippen molar-refractivity contribution < 1.29 is 32.2 Å². The second kappa shape index (κ2) is 12.3. The highest BCUT2D eigenvalue weighted by Crippen LogP contribution is 2.31. The number of aliphatic hydroxyl groups excluding tert-OH is 1. The minimum Gasteiger partial charge on any atom is -0.488 e. The van der Waals surface area contributed by atoms with Crippen LogP contribution in [-0.4, -0.2) is 73.6 Å². The molecule has 40 heavy (non-hydrogen) atoms. The molecule has 0 bridgehead atoms. The van der Waals surface area contributed by atoms with E-state index < -0.39 is 39.9 Å². The van der Waals surface area contributed by atoms with Crippen LogP contribution < -0.4 is 15.4 Å². The summed E-state index contributed by atoms with van der Waals surface area (Å²) in [5.41, 5.74) is 0.834. The van der Waals surface area contributed by atoms with Crippen LogP contribution >= 0.6 is 11.3 Å². The Morgan fingerprint density at radius 2 is 1.88 bits per heavy atom. The van der Waals surface area contributed by atoms with Crippen LogP contribution in [0.2, 0.25) is 0 Å². The molecule has 3 aromatic rings. The lowest BCUT2D eigenvalue weighted by Gasteiger charge is -2.38. The van der Waals surface area contributed by atoms with Crippen molar-refractivity contribution in [2.45, 2.75) is 30.2 Å². The molecule has 214 valence electrons. The molecule has 10 nitrogen and oxygen atoms in total. The topological polar surface area (TPSA) is 128 Å². The van der Waals surface area contributed by atoms with Gasteiger partial charge in [-0.05, 0) is 60.8 Å². The summed E-state index contributed by atoms with van der Waals surface area (Å²) in [7, 11) is -2.25. The van der Waals surface area contributed by atoms with Crippen molar-refractivity contribution in [3.8, 4) is 5.75 Å². The summed E-state index contributed by atoms with van der Waals surface area (Å²) < 4.78 is 47.0. The molecule has 1 aromatic heterocycles. The highest BCUT2D eigenvalue weighted by Gasteiger charge is 2.35. The molecule has 0 radical (unpaired) electrons. The first kappa shape index (κ1) is 29.5. The molecule has 0 saturated carbocycles. The standard InChI is InChI=1S/C27H31FN4O6S2/c1-17-14-32(18(2)16-33)26(34)22-13-21(30-27(35)29-20-8-6-19(28)7-9-20)10-11-23(22)38-24(17)15-31(3)40(36,37)25-5-4-12-39-25/h4-13,17-18,24,33H,14-16H2,1-3H3,(H2,29,30,35)/t17-,18-,24-/m1/s1. The van der Waals surface area contributed by atoms with Gasteiger partial charge in [0.2, 0.25) is 0 Å². The van der Waals surface area contributed by atoms with Crippen molar-refractivity contribution in [1.29, 1.82) is 0 Å². The van der Waals surface area contributed by atoms with E-state index >= 15 is 0 Å². The van der Waals surface area contributed by atoms with Crippen molar-refractivity contribution in [1.82, 2.24) is 9.21 Å². The van der Waals surface area contributed by atoms with E-state index in [0.717, 1.165) is 11.3 Å². The Labute approximate surface area is 236 Å². The van der Waals surface area contributed by atoms with Crippen LogP contribution in [0.25, 0.3) is 0 Å². The molecule has 0 aliphatic carbocycles. The van der Waals surface area contributed by atoms with Gasteiger partial charge in [-0.3, -0.25) is 4.79 Å². The Bertz CT molecular complexity index is 1450. The van der Waals surface area contributed by atoms with Gasteiger partial charge in [-0.25, -0.2) is 17.6 Å². The third-order valence-corrected chi connectivity index (χ3v) is 9.82. The molecule has 3 atom stereocenters. The average Bonchev–Trinajstić information content (AvgIpc) is 3.48. The van der Waals surface area contributed by atoms with Crippen molar-refractivity contribution in [3.63, 3.8) is 0 Å².